The SMILES string of the molecule is NC(=O)N1CCN(C[C@@H]2C[C@H](SC(c3ccccc3)(c3ccccc3)c3ccccc3)CN2C(=O)OCc2ccc([N+](=O)[O-])cc2)CC1. The minimum atomic E-state index is -0.537. The van der Waals surface area contributed by atoms with Crippen LogP contribution in [-0.2, 0) is 16.1 Å². The van der Waals surface area contributed by atoms with E-state index in [1.807, 2.05) is 34.9 Å². The van der Waals surface area contributed by atoms with Crippen molar-refractivity contribution in [1.29, 1.82) is 0 Å². The first kappa shape index (κ1) is 33.0. The van der Waals surface area contributed by atoms with E-state index in [0.29, 0.717) is 44.8 Å². The molecule has 0 saturated carbocycles. The lowest BCUT2D eigenvalue weighted by molar-refractivity contribution is -0.384. The number of nitro groups is 1. The molecule has 0 spiro atoms. The molecule has 0 radical (unpaired) electrons. The summed E-state index contributed by atoms with van der Waals surface area (Å²) in [7, 11) is 0. The molecule has 2 atom stereocenters. The molecule has 2 aliphatic heterocycles. The molecule has 2 fully saturated rings. The maximum absolute atomic E-state index is 13.8. The Bertz CT molecular complexity index is 1590. The molecule has 0 bridgehead atoms. The highest BCUT2D eigenvalue weighted by atomic mass is 32.2. The number of non-ortho nitro benzene ring substituents is 1. The van der Waals surface area contributed by atoms with E-state index in [4.69, 9.17) is 10.5 Å². The lowest BCUT2D eigenvalue weighted by Crippen LogP contribution is -2.53. The number of primary amides is 1. The molecule has 10 nitrogen and oxygen atoms in total. The van der Waals surface area contributed by atoms with Crippen LogP contribution >= 0.6 is 11.8 Å². The standard InChI is InChI=1S/C37H39N5O5S/c38-35(43)40-22-20-39(21-23-40)25-33-24-34(26-41(33)36(44)47-27-28-16-18-32(19-17-28)42(45)46)48-37(29-10-4-1-5-11-29,30-12-6-2-7-13-30)31-14-8-3-9-15-31/h1-19,33-34H,20-27H2,(H2,38,43)/t33-,34-/m0/s1. The number of nitrogens with zero attached hydrogens (tertiary/aromatic N) is 4. The first-order chi connectivity index (χ1) is 23.3. The topological polar surface area (TPSA) is 122 Å². The van der Waals surface area contributed by atoms with Crippen molar-refractivity contribution in [2.24, 2.45) is 5.73 Å². The second-order valence-electron chi connectivity index (χ2n) is 12.2. The molecule has 2 N–H and O–H groups in total. The van der Waals surface area contributed by atoms with Crippen LogP contribution in [-0.4, -0.2) is 82.3 Å². The highest BCUT2D eigenvalue weighted by molar-refractivity contribution is 8.01. The van der Waals surface area contributed by atoms with Gasteiger partial charge in [0.15, 0.2) is 0 Å². The molecule has 48 heavy (non-hydrogen) atoms. The minimum Gasteiger partial charge on any atom is -0.445 e. The quantitative estimate of drug-likeness (QED) is 0.124. The van der Waals surface area contributed by atoms with Gasteiger partial charge in [-0.2, -0.15) is 0 Å². The van der Waals surface area contributed by atoms with Gasteiger partial charge in [-0.25, -0.2) is 9.59 Å². The van der Waals surface area contributed by atoms with Crippen molar-refractivity contribution in [3.63, 3.8) is 0 Å². The van der Waals surface area contributed by atoms with E-state index in [9.17, 15) is 19.7 Å². The molecule has 0 aliphatic carbocycles. The molecule has 248 valence electrons. The van der Waals surface area contributed by atoms with Gasteiger partial charge in [0, 0.05) is 62.7 Å². The lowest BCUT2D eigenvalue weighted by Gasteiger charge is -2.37. The number of carbonyl (C=O) groups is 2. The Kier molecular flexibility index (Phi) is 10.3. The van der Waals surface area contributed by atoms with Gasteiger partial charge in [0.25, 0.3) is 5.69 Å². The summed E-state index contributed by atoms with van der Waals surface area (Å²) in [6.07, 6.45) is 0.337. The van der Waals surface area contributed by atoms with E-state index in [2.05, 4.69) is 77.7 Å². The maximum atomic E-state index is 13.8. The van der Waals surface area contributed by atoms with Crippen LogP contribution in [0, 0.1) is 10.1 Å². The molecule has 6 rings (SSSR count). The van der Waals surface area contributed by atoms with Crippen LogP contribution in [0.15, 0.2) is 115 Å². The average molecular weight is 666 g/mol. The summed E-state index contributed by atoms with van der Waals surface area (Å²) < 4.78 is 5.30. The van der Waals surface area contributed by atoms with Gasteiger partial charge in [-0.05, 0) is 40.8 Å². The van der Waals surface area contributed by atoms with E-state index in [1.54, 1.807) is 17.0 Å². The molecule has 0 aromatic heterocycles. The predicted molar refractivity (Wildman–Crippen MR) is 187 cm³/mol. The summed E-state index contributed by atoms with van der Waals surface area (Å²) in [6.45, 7) is 3.58. The second-order valence-corrected chi connectivity index (χ2v) is 13.7. The maximum Gasteiger partial charge on any atom is 0.410 e. The number of nitrogens with two attached hydrogens (primary N) is 1. The van der Waals surface area contributed by atoms with Crippen LogP contribution < -0.4 is 5.73 Å². The third kappa shape index (κ3) is 7.32. The molecule has 2 aliphatic rings. The summed E-state index contributed by atoms with van der Waals surface area (Å²) in [6, 6.07) is 37.1. The Labute approximate surface area is 284 Å². The molecule has 2 saturated heterocycles. The second kappa shape index (κ2) is 14.9. The fraction of sp³-hybridized carbons (Fsp3) is 0.297. The van der Waals surface area contributed by atoms with Gasteiger partial charge < -0.3 is 20.3 Å². The number of carbonyl (C=O) groups excluding carboxylic acids is 2. The monoisotopic (exact) mass is 665 g/mol. The van der Waals surface area contributed by atoms with Crippen molar-refractivity contribution in [3.8, 4) is 0 Å². The Balaban J connectivity index is 1.28. The van der Waals surface area contributed by atoms with Gasteiger partial charge in [-0.15, -0.1) is 11.8 Å². The lowest BCUT2D eigenvalue weighted by atomic mass is 9.84. The van der Waals surface area contributed by atoms with E-state index in [1.165, 1.54) is 12.1 Å². The number of urea groups is 1. The van der Waals surface area contributed by atoms with E-state index >= 15 is 0 Å². The number of piperazine rings is 1. The van der Waals surface area contributed by atoms with E-state index in [0.717, 1.165) is 23.1 Å². The van der Waals surface area contributed by atoms with Gasteiger partial charge in [0.2, 0.25) is 0 Å². The summed E-state index contributed by atoms with van der Waals surface area (Å²) in [5.41, 5.74) is 9.66. The molecule has 4 aromatic carbocycles. The number of nitro benzene ring substituents is 1. The molecular weight excluding hydrogens is 627 g/mol. The Morgan fingerprint density at radius 2 is 1.33 bits per heavy atom. The number of hydrogen-bond donors (Lipinski definition) is 1. The van der Waals surface area contributed by atoms with Crippen LogP contribution in [0.3, 0.4) is 0 Å². The number of hydrogen-bond acceptors (Lipinski definition) is 7. The van der Waals surface area contributed by atoms with E-state index in [-0.39, 0.29) is 23.6 Å². The largest absolute Gasteiger partial charge is 0.445 e. The highest BCUT2D eigenvalue weighted by Gasteiger charge is 2.45. The predicted octanol–water partition coefficient (Wildman–Crippen LogP) is 6.10. The van der Waals surface area contributed by atoms with Crippen molar-refractivity contribution >= 4 is 29.6 Å². The third-order valence-corrected chi connectivity index (χ3v) is 10.9. The summed E-state index contributed by atoms with van der Waals surface area (Å²) in [4.78, 5) is 42.0. The molecule has 3 amide bonds. The summed E-state index contributed by atoms with van der Waals surface area (Å²) >= 11 is 1.87. The zero-order chi connectivity index (χ0) is 33.5. The Morgan fingerprint density at radius 3 is 1.81 bits per heavy atom. The van der Waals surface area contributed by atoms with Crippen LogP contribution in [0.25, 0.3) is 0 Å². The summed E-state index contributed by atoms with van der Waals surface area (Å²) in [5.74, 6) is 0. The van der Waals surface area contributed by atoms with Crippen LogP contribution in [0.1, 0.15) is 28.7 Å². The van der Waals surface area contributed by atoms with Gasteiger partial charge in [0.1, 0.15) is 6.61 Å². The van der Waals surface area contributed by atoms with Crippen molar-refractivity contribution in [1.82, 2.24) is 14.7 Å². The van der Waals surface area contributed by atoms with Gasteiger partial charge in [0.05, 0.1) is 9.67 Å². The smallest absolute Gasteiger partial charge is 0.410 e. The third-order valence-electron chi connectivity index (χ3n) is 9.16. The van der Waals surface area contributed by atoms with Crippen LogP contribution in [0.5, 0.6) is 0 Å². The van der Waals surface area contributed by atoms with Crippen molar-refractivity contribution in [2.45, 2.75) is 29.1 Å². The van der Waals surface area contributed by atoms with Crippen LogP contribution in [0.4, 0.5) is 15.3 Å². The molecule has 4 aromatic rings. The van der Waals surface area contributed by atoms with Crippen LogP contribution in [0.2, 0.25) is 0 Å². The summed E-state index contributed by atoms with van der Waals surface area (Å²) in [5, 5.41) is 11.2. The fourth-order valence-corrected chi connectivity index (χ4v) is 8.59. The number of amides is 3. The Hall–Kier alpha value is -4.87. The van der Waals surface area contributed by atoms with Crippen molar-refractivity contribution in [2.75, 3.05) is 39.3 Å². The molecule has 11 heteroatoms. The fourth-order valence-electron chi connectivity index (χ4n) is 6.72. The van der Waals surface area contributed by atoms with Gasteiger partial charge in [-0.3, -0.25) is 15.0 Å². The number of thioether (sulfide) groups is 1. The van der Waals surface area contributed by atoms with Gasteiger partial charge in [-0.1, -0.05) is 91.0 Å². The van der Waals surface area contributed by atoms with Gasteiger partial charge >= 0.3 is 12.1 Å². The van der Waals surface area contributed by atoms with E-state index < -0.39 is 21.8 Å². The van der Waals surface area contributed by atoms with Crippen molar-refractivity contribution < 1.29 is 19.2 Å². The first-order valence-electron chi connectivity index (χ1n) is 16.1. The number of ether oxygens (including phenoxy) is 1. The number of likely N-dealkylation sites (tertiary alicyclic amines) is 1. The normalized spacial score (nSPS) is 18.4. The number of benzene rings is 4. The minimum absolute atomic E-state index is 0.0110. The first-order valence-corrected chi connectivity index (χ1v) is 17.0. The highest BCUT2D eigenvalue weighted by Crippen LogP contribution is 2.52. The zero-order valence-electron chi connectivity index (χ0n) is 26.6. The number of rotatable bonds is 10. The Morgan fingerprint density at radius 1 is 0.812 bits per heavy atom. The van der Waals surface area contributed by atoms with Crippen molar-refractivity contribution in [3.05, 3.63) is 148 Å². The average Bonchev–Trinajstić information content (AvgIpc) is 3.52. The zero-order valence-corrected chi connectivity index (χ0v) is 27.4. The molecular formula is C37H39N5O5S. The molecule has 2 heterocycles. The molecule has 0 unspecified atom stereocenters.